The maximum absolute atomic E-state index is 12.8. The lowest BCUT2D eigenvalue weighted by Gasteiger charge is -2.16. The van der Waals surface area contributed by atoms with Crippen LogP contribution >= 0.6 is 0 Å². The van der Waals surface area contributed by atoms with E-state index in [9.17, 15) is 18.0 Å². The number of nitrogens with zero attached hydrogens (tertiary/aromatic N) is 1. The van der Waals surface area contributed by atoms with Crippen molar-refractivity contribution in [3.8, 4) is 5.75 Å². The molecule has 150 valence electrons. The maximum atomic E-state index is 12.8. The zero-order valence-electron chi connectivity index (χ0n) is 15.6. The summed E-state index contributed by atoms with van der Waals surface area (Å²) in [5.41, 5.74) is 0.893. The minimum Gasteiger partial charge on any atom is -0.489 e. The second-order valence-corrected chi connectivity index (χ2v) is 6.97. The molecule has 1 atom stereocenters. The SMILES string of the molecule is CNC(=O)[C@H]1CCN(Cc2ccc(OCc3cccc(C(F)(F)F)c3)cc2)C1. The van der Waals surface area contributed by atoms with Gasteiger partial charge in [-0.15, -0.1) is 0 Å². The van der Waals surface area contributed by atoms with Crippen molar-refractivity contribution < 1.29 is 22.7 Å². The molecule has 0 radical (unpaired) electrons. The molecule has 2 aromatic carbocycles. The molecule has 3 rings (SSSR count). The number of benzene rings is 2. The Morgan fingerprint density at radius 2 is 1.93 bits per heavy atom. The van der Waals surface area contributed by atoms with Gasteiger partial charge in [-0.25, -0.2) is 0 Å². The van der Waals surface area contributed by atoms with Gasteiger partial charge in [0.15, 0.2) is 0 Å². The van der Waals surface area contributed by atoms with Gasteiger partial charge < -0.3 is 10.1 Å². The van der Waals surface area contributed by atoms with Crippen LogP contribution in [0.5, 0.6) is 5.75 Å². The highest BCUT2D eigenvalue weighted by molar-refractivity contribution is 5.78. The first-order valence-electron chi connectivity index (χ1n) is 9.17. The van der Waals surface area contributed by atoms with E-state index >= 15 is 0 Å². The Bertz CT molecular complexity index is 806. The number of carbonyl (C=O) groups is 1. The Morgan fingerprint density at radius 1 is 1.18 bits per heavy atom. The first-order chi connectivity index (χ1) is 13.3. The molecule has 0 bridgehead atoms. The number of rotatable bonds is 6. The fraction of sp³-hybridized carbons (Fsp3) is 0.381. The molecule has 1 fully saturated rings. The van der Waals surface area contributed by atoms with Crippen molar-refractivity contribution in [1.29, 1.82) is 0 Å². The van der Waals surface area contributed by atoms with E-state index in [2.05, 4.69) is 10.2 Å². The molecule has 7 heteroatoms. The Balaban J connectivity index is 1.52. The molecule has 0 unspecified atom stereocenters. The third-order valence-corrected chi connectivity index (χ3v) is 4.88. The smallest absolute Gasteiger partial charge is 0.416 e. The summed E-state index contributed by atoms with van der Waals surface area (Å²) in [6.45, 7) is 2.45. The molecule has 28 heavy (non-hydrogen) atoms. The summed E-state index contributed by atoms with van der Waals surface area (Å²) in [7, 11) is 1.66. The number of likely N-dealkylation sites (tertiary alicyclic amines) is 1. The van der Waals surface area contributed by atoms with Crippen molar-refractivity contribution >= 4 is 5.91 Å². The van der Waals surface area contributed by atoms with Crippen LogP contribution in [0.25, 0.3) is 0 Å². The normalized spacial score (nSPS) is 17.5. The molecule has 4 nitrogen and oxygen atoms in total. The summed E-state index contributed by atoms with van der Waals surface area (Å²) in [4.78, 5) is 13.9. The Kier molecular flexibility index (Phi) is 6.24. The zero-order chi connectivity index (χ0) is 20.1. The monoisotopic (exact) mass is 392 g/mol. The summed E-state index contributed by atoms with van der Waals surface area (Å²) in [6.07, 6.45) is -3.50. The fourth-order valence-electron chi connectivity index (χ4n) is 3.35. The van der Waals surface area contributed by atoms with Gasteiger partial charge in [-0.2, -0.15) is 13.2 Å². The van der Waals surface area contributed by atoms with Gasteiger partial charge in [0, 0.05) is 20.1 Å². The molecule has 0 aromatic heterocycles. The van der Waals surface area contributed by atoms with Crippen molar-refractivity contribution in [3.05, 3.63) is 65.2 Å². The highest BCUT2D eigenvalue weighted by atomic mass is 19.4. The standard InChI is InChI=1S/C21H23F3N2O2/c1-25-20(27)17-9-10-26(13-17)12-15-5-7-19(8-6-15)28-14-16-3-2-4-18(11-16)21(22,23)24/h2-8,11,17H,9-10,12-14H2,1H3,(H,25,27)/t17-/m0/s1. The molecule has 1 aliphatic heterocycles. The summed E-state index contributed by atoms with van der Waals surface area (Å²) in [5, 5.41) is 2.69. The number of hydrogen-bond donors (Lipinski definition) is 1. The van der Waals surface area contributed by atoms with Gasteiger partial charge in [0.2, 0.25) is 5.91 Å². The Hall–Kier alpha value is -2.54. The van der Waals surface area contributed by atoms with Crippen molar-refractivity contribution in [2.75, 3.05) is 20.1 Å². The molecular weight excluding hydrogens is 369 g/mol. The number of hydrogen-bond acceptors (Lipinski definition) is 3. The van der Waals surface area contributed by atoms with E-state index < -0.39 is 11.7 Å². The number of halogens is 3. The van der Waals surface area contributed by atoms with Gasteiger partial charge in [0.05, 0.1) is 11.5 Å². The topological polar surface area (TPSA) is 41.6 Å². The highest BCUT2D eigenvalue weighted by Gasteiger charge is 2.30. The van der Waals surface area contributed by atoms with E-state index in [0.29, 0.717) is 11.3 Å². The predicted molar refractivity (Wildman–Crippen MR) is 99.7 cm³/mol. The van der Waals surface area contributed by atoms with E-state index in [1.807, 2.05) is 24.3 Å². The van der Waals surface area contributed by atoms with Gasteiger partial charge in [0.1, 0.15) is 12.4 Å². The molecular formula is C21H23F3N2O2. The molecule has 0 aliphatic carbocycles. The second kappa shape index (κ2) is 8.65. The van der Waals surface area contributed by atoms with Crippen molar-refractivity contribution in [2.45, 2.75) is 25.7 Å². The van der Waals surface area contributed by atoms with Crippen molar-refractivity contribution in [1.82, 2.24) is 10.2 Å². The lowest BCUT2D eigenvalue weighted by Crippen LogP contribution is -2.30. The van der Waals surface area contributed by atoms with E-state index in [1.54, 1.807) is 13.1 Å². The largest absolute Gasteiger partial charge is 0.489 e. The second-order valence-electron chi connectivity index (χ2n) is 6.97. The molecule has 1 heterocycles. The summed E-state index contributed by atoms with van der Waals surface area (Å²) in [6, 6.07) is 12.6. The lowest BCUT2D eigenvalue weighted by molar-refractivity contribution is -0.137. The van der Waals surface area contributed by atoms with Crippen LogP contribution in [0, 0.1) is 5.92 Å². The van der Waals surface area contributed by atoms with Crippen molar-refractivity contribution in [3.63, 3.8) is 0 Å². The van der Waals surface area contributed by atoms with Crippen LogP contribution in [-0.2, 0) is 24.1 Å². The van der Waals surface area contributed by atoms with Crippen LogP contribution in [-0.4, -0.2) is 30.9 Å². The average Bonchev–Trinajstić information content (AvgIpc) is 3.15. The number of ether oxygens (including phenoxy) is 1. The number of amides is 1. The van der Waals surface area contributed by atoms with Gasteiger partial charge in [-0.1, -0.05) is 24.3 Å². The summed E-state index contributed by atoms with van der Waals surface area (Å²) in [5.74, 6) is 0.728. The minimum absolute atomic E-state index is 0.0417. The molecule has 2 aromatic rings. The van der Waals surface area contributed by atoms with Gasteiger partial charge >= 0.3 is 6.18 Å². The Labute approximate surface area is 162 Å². The van der Waals surface area contributed by atoms with Crippen LogP contribution in [0.15, 0.2) is 48.5 Å². The zero-order valence-corrected chi connectivity index (χ0v) is 15.6. The van der Waals surface area contributed by atoms with Crippen LogP contribution in [0.1, 0.15) is 23.1 Å². The third kappa shape index (κ3) is 5.25. The van der Waals surface area contributed by atoms with Crippen molar-refractivity contribution in [2.24, 2.45) is 5.92 Å². The number of carbonyl (C=O) groups excluding carboxylic acids is 1. The van der Waals surface area contributed by atoms with Crippen LogP contribution in [0.3, 0.4) is 0 Å². The van der Waals surface area contributed by atoms with Crippen LogP contribution in [0.2, 0.25) is 0 Å². The van der Waals surface area contributed by atoms with Crippen LogP contribution in [0.4, 0.5) is 13.2 Å². The quantitative estimate of drug-likeness (QED) is 0.812. The van der Waals surface area contributed by atoms with Gasteiger partial charge in [-0.3, -0.25) is 9.69 Å². The molecule has 0 saturated carbocycles. The molecule has 1 aliphatic rings. The van der Waals surface area contributed by atoms with E-state index in [-0.39, 0.29) is 18.4 Å². The van der Waals surface area contributed by atoms with E-state index in [4.69, 9.17) is 4.74 Å². The highest BCUT2D eigenvalue weighted by Crippen LogP contribution is 2.29. The lowest BCUT2D eigenvalue weighted by atomic mass is 10.1. The number of alkyl halides is 3. The van der Waals surface area contributed by atoms with Crippen LogP contribution < -0.4 is 10.1 Å². The minimum atomic E-state index is -4.36. The molecule has 1 N–H and O–H groups in total. The first kappa shape index (κ1) is 20.2. The van der Waals surface area contributed by atoms with E-state index in [0.717, 1.165) is 43.8 Å². The molecule has 0 spiro atoms. The van der Waals surface area contributed by atoms with Gasteiger partial charge in [-0.05, 0) is 48.4 Å². The summed E-state index contributed by atoms with van der Waals surface area (Å²) >= 11 is 0. The predicted octanol–water partition coefficient (Wildman–Crippen LogP) is 3.85. The van der Waals surface area contributed by atoms with E-state index in [1.165, 1.54) is 6.07 Å². The molecule has 1 saturated heterocycles. The maximum Gasteiger partial charge on any atom is 0.416 e. The van der Waals surface area contributed by atoms with Gasteiger partial charge in [0.25, 0.3) is 0 Å². The molecule has 1 amide bonds. The first-order valence-corrected chi connectivity index (χ1v) is 9.17. The average molecular weight is 392 g/mol. The Morgan fingerprint density at radius 3 is 2.61 bits per heavy atom. The fourth-order valence-corrected chi connectivity index (χ4v) is 3.35. The summed E-state index contributed by atoms with van der Waals surface area (Å²) < 4.78 is 43.9. The number of nitrogens with one attached hydrogen (secondary N) is 1. The third-order valence-electron chi connectivity index (χ3n) is 4.88.